The highest BCUT2D eigenvalue weighted by molar-refractivity contribution is 9.10. The summed E-state index contributed by atoms with van der Waals surface area (Å²) in [5.74, 6) is 1.08. The van der Waals surface area contributed by atoms with E-state index in [1.807, 2.05) is 17.0 Å². The van der Waals surface area contributed by atoms with Gasteiger partial charge in [0.15, 0.2) is 4.67 Å². The molecule has 0 bridgehead atoms. The van der Waals surface area contributed by atoms with E-state index in [0.717, 1.165) is 29.8 Å². The van der Waals surface area contributed by atoms with Gasteiger partial charge in [-0.2, -0.15) is 0 Å². The topological polar surface area (TPSA) is 33.5 Å². The lowest BCUT2D eigenvalue weighted by molar-refractivity contribution is -0.134. The first-order chi connectivity index (χ1) is 6.75. The van der Waals surface area contributed by atoms with Crippen molar-refractivity contribution in [2.24, 2.45) is 0 Å². The molecule has 1 amide bonds. The van der Waals surface area contributed by atoms with Gasteiger partial charge in [-0.1, -0.05) is 0 Å². The number of carbonyl (C=O) groups excluding carboxylic acids is 1. The molecule has 0 aliphatic carbocycles. The highest BCUT2D eigenvalue weighted by Crippen LogP contribution is 2.18. The first-order valence-electron chi connectivity index (χ1n) is 4.78. The van der Waals surface area contributed by atoms with Crippen LogP contribution in [0.3, 0.4) is 0 Å². The summed E-state index contributed by atoms with van der Waals surface area (Å²) in [4.78, 5) is 13.3. The number of rotatable bonds is 2. The van der Waals surface area contributed by atoms with Gasteiger partial charge in [0.05, 0.1) is 6.54 Å². The van der Waals surface area contributed by atoms with Crippen LogP contribution in [-0.4, -0.2) is 17.4 Å². The third kappa shape index (κ3) is 2.18. The predicted molar refractivity (Wildman–Crippen MR) is 55.7 cm³/mol. The van der Waals surface area contributed by atoms with Crippen LogP contribution in [0.15, 0.2) is 21.2 Å². The van der Waals surface area contributed by atoms with Crippen molar-refractivity contribution < 1.29 is 9.21 Å². The van der Waals surface area contributed by atoms with Crippen LogP contribution < -0.4 is 0 Å². The van der Waals surface area contributed by atoms with Crippen molar-refractivity contribution in [1.29, 1.82) is 0 Å². The van der Waals surface area contributed by atoms with Crippen molar-refractivity contribution in [2.75, 3.05) is 6.54 Å². The lowest BCUT2D eigenvalue weighted by Crippen LogP contribution is -2.34. The smallest absolute Gasteiger partial charge is 0.222 e. The van der Waals surface area contributed by atoms with E-state index in [4.69, 9.17) is 4.42 Å². The quantitative estimate of drug-likeness (QED) is 0.816. The third-order valence-corrected chi connectivity index (χ3v) is 2.82. The van der Waals surface area contributed by atoms with Gasteiger partial charge in [-0.3, -0.25) is 4.79 Å². The van der Waals surface area contributed by atoms with E-state index in [9.17, 15) is 4.79 Å². The second-order valence-corrected chi connectivity index (χ2v) is 4.26. The van der Waals surface area contributed by atoms with E-state index >= 15 is 0 Å². The maximum Gasteiger partial charge on any atom is 0.222 e. The van der Waals surface area contributed by atoms with E-state index in [1.54, 1.807) is 0 Å². The fourth-order valence-electron chi connectivity index (χ4n) is 1.65. The van der Waals surface area contributed by atoms with Crippen LogP contribution in [0.25, 0.3) is 0 Å². The summed E-state index contributed by atoms with van der Waals surface area (Å²) < 4.78 is 6.08. The van der Waals surface area contributed by atoms with Gasteiger partial charge in [0, 0.05) is 13.0 Å². The zero-order valence-electron chi connectivity index (χ0n) is 7.83. The molecule has 1 aliphatic rings. The molecule has 0 unspecified atom stereocenters. The SMILES string of the molecule is O=C1CCCCN1Cc1ccc(Br)o1. The number of carbonyl (C=O) groups is 1. The van der Waals surface area contributed by atoms with Gasteiger partial charge in [-0.15, -0.1) is 0 Å². The Kier molecular flexibility index (Phi) is 2.91. The maximum atomic E-state index is 11.5. The molecule has 2 heterocycles. The Bertz CT molecular complexity index is 335. The summed E-state index contributed by atoms with van der Waals surface area (Å²) >= 11 is 3.24. The molecule has 2 rings (SSSR count). The largest absolute Gasteiger partial charge is 0.452 e. The van der Waals surface area contributed by atoms with Gasteiger partial charge in [0.1, 0.15) is 5.76 Å². The first-order valence-corrected chi connectivity index (χ1v) is 5.57. The van der Waals surface area contributed by atoms with Crippen molar-refractivity contribution >= 4 is 21.8 Å². The van der Waals surface area contributed by atoms with Crippen LogP contribution in [0, 0.1) is 0 Å². The molecule has 1 aliphatic heterocycles. The van der Waals surface area contributed by atoms with Gasteiger partial charge in [-0.05, 0) is 40.9 Å². The number of furan rings is 1. The minimum Gasteiger partial charge on any atom is -0.452 e. The Hall–Kier alpha value is -0.770. The number of hydrogen-bond acceptors (Lipinski definition) is 2. The fourth-order valence-corrected chi connectivity index (χ4v) is 1.99. The molecule has 1 aromatic heterocycles. The zero-order chi connectivity index (χ0) is 9.97. The first kappa shape index (κ1) is 9.77. The molecule has 0 aromatic carbocycles. The minimum absolute atomic E-state index is 0.240. The van der Waals surface area contributed by atoms with Crippen LogP contribution in [0.2, 0.25) is 0 Å². The summed E-state index contributed by atoms with van der Waals surface area (Å²) in [5, 5.41) is 0. The average molecular weight is 258 g/mol. The normalized spacial score (nSPS) is 17.5. The predicted octanol–water partition coefficient (Wildman–Crippen LogP) is 2.55. The summed E-state index contributed by atoms with van der Waals surface area (Å²) in [6, 6.07) is 3.75. The van der Waals surface area contributed by atoms with Crippen LogP contribution in [0.5, 0.6) is 0 Å². The molecular weight excluding hydrogens is 246 g/mol. The molecule has 1 fully saturated rings. The van der Waals surface area contributed by atoms with E-state index in [-0.39, 0.29) is 5.91 Å². The molecule has 4 heteroatoms. The molecule has 0 saturated carbocycles. The molecular formula is C10H12BrNO2. The fraction of sp³-hybridized carbons (Fsp3) is 0.500. The molecule has 1 aromatic rings. The highest BCUT2D eigenvalue weighted by Gasteiger charge is 2.18. The van der Waals surface area contributed by atoms with Crippen LogP contribution >= 0.6 is 15.9 Å². The van der Waals surface area contributed by atoms with Crippen LogP contribution in [0.1, 0.15) is 25.0 Å². The number of amides is 1. The molecule has 0 spiro atoms. The number of halogens is 1. The molecule has 0 N–H and O–H groups in total. The Labute approximate surface area is 91.2 Å². The van der Waals surface area contributed by atoms with Gasteiger partial charge in [0.25, 0.3) is 0 Å². The summed E-state index contributed by atoms with van der Waals surface area (Å²) in [6.07, 6.45) is 2.81. The van der Waals surface area contributed by atoms with Gasteiger partial charge >= 0.3 is 0 Å². The molecule has 3 nitrogen and oxygen atoms in total. The van der Waals surface area contributed by atoms with E-state index in [2.05, 4.69) is 15.9 Å². The second-order valence-electron chi connectivity index (χ2n) is 3.48. The highest BCUT2D eigenvalue weighted by atomic mass is 79.9. The average Bonchev–Trinajstić information content (AvgIpc) is 2.56. The van der Waals surface area contributed by atoms with Crippen molar-refractivity contribution in [3.63, 3.8) is 0 Å². The lowest BCUT2D eigenvalue weighted by Gasteiger charge is -2.25. The minimum atomic E-state index is 0.240. The van der Waals surface area contributed by atoms with E-state index in [0.29, 0.717) is 13.0 Å². The van der Waals surface area contributed by atoms with Gasteiger partial charge in [-0.25, -0.2) is 0 Å². The third-order valence-electron chi connectivity index (χ3n) is 2.40. The molecule has 76 valence electrons. The number of likely N-dealkylation sites (tertiary alicyclic amines) is 1. The maximum absolute atomic E-state index is 11.5. The van der Waals surface area contributed by atoms with E-state index < -0.39 is 0 Å². The summed E-state index contributed by atoms with van der Waals surface area (Å²) in [5.41, 5.74) is 0. The second kappa shape index (κ2) is 4.17. The zero-order valence-corrected chi connectivity index (χ0v) is 9.42. The Morgan fingerprint density at radius 2 is 2.29 bits per heavy atom. The van der Waals surface area contributed by atoms with Crippen molar-refractivity contribution in [3.8, 4) is 0 Å². The summed E-state index contributed by atoms with van der Waals surface area (Å²) in [7, 11) is 0. The molecule has 1 saturated heterocycles. The van der Waals surface area contributed by atoms with Crippen molar-refractivity contribution in [2.45, 2.75) is 25.8 Å². The number of hydrogen-bond donors (Lipinski definition) is 0. The monoisotopic (exact) mass is 257 g/mol. The molecule has 0 atom stereocenters. The van der Waals surface area contributed by atoms with Crippen molar-refractivity contribution in [1.82, 2.24) is 4.90 Å². The Morgan fingerprint density at radius 3 is 2.93 bits per heavy atom. The van der Waals surface area contributed by atoms with Gasteiger partial charge < -0.3 is 9.32 Å². The van der Waals surface area contributed by atoms with Gasteiger partial charge in [0.2, 0.25) is 5.91 Å². The molecule has 0 radical (unpaired) electrons. The van der Waals surface area contributed by atoms with Crippen LogP contribution in [-0.2, 0) is 11.3 Å². The van der Waals surface area contributed by atoms with Crippen LogP contribution in [0.4, 0.5) is 0 Å². The number of nitrogens with zero attached hydrogens (tertiary/aromatic N) is 1. The Morgan fingerprint density at radius 1 is 1.43 bits per heavy atom. The molecule has 14 heavy (non-hydrogen) atoms. The van der Waals surface area contributed by atoms with E-state index in [1.165, 1.54) is 0 Å². The summed E-state index contributed by atoms with van der Waals surface area (Å²) in [6.45, 7) is 1.46. The lowest BCUT2D eigenvalue weighted by atomic mass is 10.1. The Balaban J connectivity index is 1.99. The number of piperidine rings is 1. The standard InChI is InChI=1S/C10H12BrNO2/c11-9-5-4-8(14-9)7-12-6-2-1-3-10(12)13/h4-5H,1-3,6-7H2. The van der Waals surface area contributed by atoms with Crippen molar-refractivity contribution in [3.05, 3.63) is 22.6 Å².